The van der Waals surface area contributed by atoms with Crippen molar-refractivity contribution in [3.8, 4) is 0 Å². The van der Waals surface area contributed by atoms with Crippen molar-refractivity contribution < 1.29 is 8.42 Å². The van der Waals surface area contributed by atoms with E-state index in [4.69, 9.17) is 5.73 Å². The van der Waals surface area contributed by atoms with Crippen molar-refractivity contribution in [2.45, 2.75) is 45.1 Å². The number of hydrogen-bond acceptors (Lipinski definition) is 4. The second-order valence-electron chi connectivity index (χ2n) is 5.82. The third kappa shape index (κ3) is 3.08. The van der Waals surface area contributed by atoms with Crippen LogP contribution in [-0.4, -0.2) is 25.8 Å². The van der Waals surface area contributed by atoms with E-state index in [0.717, 1.165) is 22.6 Å². The number of sulfonamides is 1. The van der Waals surface area contributed by atoms with Crippen LogP contribution in [0.4, 0.5) is 0 Å². The molecule has 6 heteroatoms. The van der Waals surface area contributed by atoms with Crippen LogP contribution in [0.15, 0.2) is 11.0 Å². The minimum atomic E-state index is -3.34. The minimum absolute atomic E-state index is 0.399. The molecule has 1 aromatic rings. The summed E-state index contributed by atoms with van der Waals surface area (Å²) in [5.41, 5.74) is 5.61. The molecular weight excluding hydrogens is 292 g/mol. The van der Waals surface area contributed by atoms with Gasteiger partial charge in [0.1, 0.15) is 0 Å². The molecule has 1 aliphatic heterocycles. The van der Waals surface area contributed by atoms with E-state index in [-0.39, 0.29) is 0 Å². The Bertz CT molecular complexity index is 556. The van der Waals surface area contributed by atoms with Gasteiger partial charge < -0.3 is 5.73 Å². The first-order valence-corrected chi connectivity index (χ1v) is 9.41. The van der Waals surface area contributed by atoms with E-state index in [1.54, 1.807) is 10.4 Å². The van der Waals surface area contributed by atoms with Crippen molar-refractivity contribution in [2.75, 3.05) is 13.1 Å². The van der Waals surface area contributed by atoms with Gasteiger partial charge in [-0.3, -0.25) is 0 Å². The van der Waals surface area contributed by atoms with Crippen LogP contribution in [0.2, 0.25) is 0 Å². The minimum Gasteiger partial charge on any atom is -0.326 e. The molecule has 0 atom stereocenters. The van der Waals surface area contributed by atoms with Crippen LogP contribution in [0.5, 0.6) is 0 Å². The molecule has 0 saturated carbocycles. The maximum atomic E-state index is 12.7. The monoisotopic (exact) mass is 316 g/mol. The Morgan fingerprint density at radius 1 is 1.40 bits per heavy atom. The Morgan fingerprint density at radius 2 is 2.00 bits per heavy atom. The summed E-state index contributed by atoms with van der Waals surface area (Å²) in [7, 11) is -3.34. The summed E-state index contributed by atoms with van der Waals surface area (Å²) in [6.45, 7) is 7.96. The summed E-state index contributed by atoms with van der Waals surface area (Å²) >= 11 is 1.48. The van der Waals surface area contributed by atoms with E-state index in [1.807, 2.05) is 6.92 Å². The quantitative estimate of drug-likeness (QED) is 0.928. The smallest absolute Gasteiger partial charge is 0.244 e. The Kier molecular flexibility index (Phi) is 4.89. The highest BCUT2D eigenvalue weighted by Crippen LogP contribution is 2.32. The average molecular weight is 316 g/mol. The molecule has 0 radical (unpaired) electrons. The van der Waals surface area contributed by atoms with Gasteiger partial charge in [-0.2, -0.15) is 4.31 Å². The molecule has 0 bridgehead atoms. The molecule has 2 rings (SSSR count). The van der Waals surface area contributed by atoms with Crippen molar-refractivity contribution in [1.82, 2.24) is 4.31 Å². The molecule has 4 nitrogen and oxygen atoms in total. The first-order valence-electron chi connectivity index (χ1n) is 7.15. The molecule has 0 spiro atoms. The number of piperidine rings is 1. The van der Waals surface area contributed by atoms with Crippen LogP contribution in [0.3, 0.4) is 0 Å². The largest absolute Gasteiger partial charge is 0.326 e. The first-order chi connectivity index (χ1) is 9.36. The van der Waals surface area contributed by atoms with Crippen LogP contribution in [0, 0.1) is 18.8 Å². The number of rotatable bonds is 4. The maximum Gasteiger partial charge on any atom is 0.244 e. The van der Waals surface area contributed by atoms with Crippen molar-refractivity contribution in [3.05, 3.63) is 15.8 Å². The molecule has 20 heavy (non-hydrogen) atoms. The normalized spacial score (nSPS) is 18.9. The van der Waals surface area contributed by atoms with Crippen molar-refractivity contribution in [2.24, 2.45) is 17.6 Å². The topological polar surface area (TPSA) is 63.4 Å². The summed E-state index contributed by atoms with van der Waals surface area (Å²) < 4.78 is 27.1. The summed E-state index contributed by atoms with van der Waals surface area (Å²) in [6.07, 6.45) is 1.92. The predicted octanol–water partition coefficient (Wildman–Crippen LogP) is 2.57. The second-order valence-corrected chi connectivity index (χ2v) is 9.07. The van der Waals surface area contributed by atoms with Crippen molar-refractivity contribution in [3.63, 3.8) is 0 Å². The van der Waals surface area contributed by atoms with Crippen LogP contribution < -0.4 is 5.73 Å². The van der Waals surface area contributed by atoms with Crippen LogP contribution in [0.1, 0.15) is 36.4 Å². The molecule has 0 amide bonds. The molecule has 0 aromatic carbocycles. The van der Waals surface area contributed by atoms with E-state index in [2.05, 4.69) is 13.8 Å². The molecular formula is C14H24N2O2S2. The number of aryl methyl sites for hydroxylation is 1. The highest BCUT2D eigenvalue weighted by molar-refractivity contribution is 7.89. The summed E-state index contributed by atoms with van der Waals surface area (Å²) in [5, 5.41) is 0. The highest BCUT2D eigenvalue weighted by Gasteiger charge is 2.32. The van der Waals surface area contributed by atoms with Crippen LogP contribution in [-0.2, 0) is 16.6 Å². The standard InChI is InChI=1S/C14H24N2O2S2/c1-10(2)12-4-6-16(7-5-12)20(17,18)14-8-13(9-15)19-11(14)3/h8,10,12H,4-7,9,15H2,1-3H3. The molecule has 114 valence electrons. The van der Waals surface area contributed by atoms with Crippen LogP contribution >= 0.6 is 11.3 Å². The van der Waals surface area contributed by atoms with Gasteiger partial charge in [0.2, 0.25) is 10.0 Å². The van der Waals surface area contributed by atoms with Gasteiger partial charge in [-0.15, -0.1) is 11.3 Å². The third-order valence-corrected chi connectivity index (χ3v) is 7.41. The van der Waals surface area contributed by atoms with Gasteiger partial charge in [0.25, 0.3) is 0 Å². The highest BCUT2D eigenvalue weighted by atomic mass is 32.2. The van der Waals surface area contributed by atoms with Gasteiger partial charge in [-0.1, -0.05) is 13.8 Å². The van der Waals surface area contributed by atoms with E-state index >= 15 is 0 Å². The molecule has 2 N–H and O–H groups in total. The Balaban J connectivity index is 2.17. The maximum absolute atomic E-state index is 12.7. The zero-order chi connectivity index (χ0) is 14.9. The second kappa shape index (κ2) is 6.13. The predicted molar refractivity (Wildman–Crippen MR) is 83.3 cm³/mol. The molecule has 1 saturated heterocycles. The lowest BCUT2D eigenvalue weighted by Crippen LogP contribution is -2.39. The third-order valence-electron chi connectivity index (χ3n) is 4.18. The van der Waals surface area contributed by atoms with Gasteiger partial charge in [-0.05, 0) is 37.7 Å². The van der Waals surface area contributed by atoms with Gasteiger partial charge >= 0.3 is 0 Å². The van der Waals surface area contributed by atoms with Gasteiger partial charge in [0.05, 0.1) is 4.90 Å². The molecule has 1 fully saturated rings. The Hall–Kier alpha value is -0.430. The van der Waals surface area contributed by atoms with E-state index in [9.17, 15) is 8.42 Å². The number of thiophene rings is 1. The fraction of sp³-hybridized carbons (Fsp3) is 0.714. The van der Waals surface area contributed by atoms with Gasteiger partial charge in [-0.25, -0.2) is 8.42 Å². The first kappa shape index (κ1) is 15.9. The average Bonchev–Trinajstić information content (AvgIpc) is 2.81. The lowest BCUT2D eigenvalue weighted by Gasteiger charge is -2.33. The Labute approximate surface area is 126 Å². The number of nitrogens with zero attached hydrogens (tertiary/aromatic N) is 1. The van der Waals surface area contributed by atoms with E-state index in [0.29, 0.717) is 36.4 Å². The molecule has 1 aliphatic rings. The lowest BCUT2D eigenvalue weighted by atomic mass is 9.87. The molecule has 0 aliphatic carbocycles. The summed E-state index contributed by atoms with van der Waals surface area (Å²) in [5.74, 6) is 1.27. The number of nitrogens with two attached hydrogens (primary N) is 1. The SMILES string of the molecule is Cc1sc(CN)cc1S(=O)(=O)N1CCC(C(C)C)CC1. The zero-order valence-electron chi connectivity index (χ0n) is 12.4. The van der Waals surface area contributed by atoms with Gasteiger partial charge in [0.15, 0.2) is 0 Å². The number of hydrogen-bond donors (Lipinski definition) is 1. The van der Waals surface area contributed by atoms with E-state index < -0.39 is 10.0 Å². The molecule has 2 heterocycles. The summed E-state index contributed by atoms with van der Waals surface area (Å²) in [4.78, 5) is 2.22. The molecule has 0 unspecified atom stereocenters. The fourth-order valence-electron chi connectivity index (χ4n) is 2.80. The van der Waals surface area contributed by atoms with Gasteiger partial charge in [0, 0.05) is 29.4 Å². The zero-order valence-corrected chi connectivity index (χ0v) is 14.1. The Morgan fingerprint density at radius 3 is 2.45 bits per heavy atom. The molecule has 1 aromatic heterocycles. The van der Waals surface area contributed by atoms with Crippen LogP contribution in [0.25, 0.3) is 0 Å². The van der Waals surface area contributed by atoms with Crippen molar-refractivity contribution in [1.29, 1.82) is 0 Å². The lowest BCUT2D eigenvalue weighted by molar-refractivity contribution is 0.226. The summed E-state index contributed by atoms with van der Waals surface area (Å²) in [6, 6.07) is 1.74. The fourth-order valence-corrected chi connectivity index (χ4v) is 5.76. The van der Waals surface area contributed by atoms with Crippen molar-refractivity contribution >= 4 is 21.4 Å². The van der Waals surface area contributed by atoms with E-state index in [1.165, 1.54) is 11.3 Å².